The number of nitrogens with zero attached hydrogens (tertiary/aromatic N) is 4. The number of carbonyl (C=O) groups excluding carboxylic acids is 1. The standard InChI is InChI=1S/C27H32BrN5O2/c28-23-8-6-21(7-9-23)26-30-25(35-31-26)19-32-16-12-22(13-17-32)27(34)29-18-20-4-10-24(11-5-20)33-14-2-1-3-15-33/h4-11,22H,1-3,12-19H2,(H,29,34). The van der Waals surface area contributed by atoms with Crippen LogP contribution in [0, 0.1) is 5.92 Å². The summed E-state index contributed by atoms with van der Waals surface area (Å²) in [4.78, 5) is 22.0. The molecule has 0 saturated carbocycles. The SMILES string of the molecule is O=C(NCc1ccc(N2CCCCC2)cc1)C1CCN(Cc2nc(-c3ccc(Br)cc3)no2)CC1. The van der Waals surface area contributed by atoms with Crippen molar-refractivity contribution in [1.82, 2.24) is 20.4 Å². The molecular weight excluding hydrogens is 506 g/mol. The van der Waals surface area contributed by atoms with Crippen LogP contribution in [0.4, 0.5) is 5.69 Å². The molecule has 1 N–H and O–H groups in total. The quantitative estimate of drug-likeness (QED) is 0.456. The number of benzene rings is 2. The third-order valence-electron chi connectivity index (χ3n) is 7.01. The highest BCUT2D eigenvalue weighted by atomic mass is 79.9. The van der Waals surface area contributed by atoms with Crippen LogP contribution in [0.1, 0.15) is 43.6 Å². The Kier molecular flexibility index (Phi) is 7.79. The number of hydrogen-bond donors (Lipinski definition) is 1. The van der Waals surface area contributed by atoms with Crippen LogP contribution in [0.5, 0.6) is 0 Å². The Hall–Kier alpha value is -2.71. The zero-order chi connectivity index (χ0) is 24.0. The molecule has 1 amide bonds. The van der Waals surface area contributed by atoms with Gasteiger partial charge in [-0.2, -0.15) is 4.98 Å². The van der Waals surface area contributed by atoms with Crippen LogP contribution in [-0.4, -0.2) is 47.1 Å². The summed E-state index contributed by atoms with van der Waals surface area (Å²) in [6.07, 6.45) is 5.57. The van der Waals surface area contributed by atoms with Gasteiger partial charge in [0.1, 0.15) is 0 Å². The first-order valence-corrected chi connectivity index (χ1v) is 13.4. The molecule has 0 radical (unpaired) electrons. The van der Waals surface area contributed by atoms with E-state index in [4.69, 9.17) is 4.52 Å². The molecule has 7 nitrogen and oxygen atoms in total. The van der Waals surface area contributed by atoms with Crippen LogP contribution >= 0.6 is 15.9 Å². The molecule has 3 aromatic rings. The van der Waals surface area contributed by atoms with Gasteiger partial charge in [-0.3, -0.25) is 9.69 Å². The number of likely N-dealkylation sites (tertiary alicyclic amines) is 1. The lowest BCUT2D eigenvalue weighted by Gasteiger charge is -2.30. The molecule has 2 fully saturated rings. The van der Waals surface area contributed by atoms with Crippen LogP contribution in [0.3, 0.4) is 0 Å². The molecule has 35 heavy (non-hydrogen) atoms. The van der Waals surface area contributed by atoms with Gasteiger partial charge in [-0.25, -0.2) is 0 Å². The maximum atomic E-state index is 12.8. The summed E-state index contributed by atoms with van der Waals surface area (Å²) in [5.41, 5.74) is 3.37. The Bertz CT molecular complexity index is 1100. The van der Waals surface area contributed by atoms with E-state index in [1.807, 2.05) is 24.3 Å². The summed E-state index contributed by atoms with van der Waals surface area (Å²) in [7, 11) is 0. The van der Waals surface area contributed by atoms with Crippen molar-refractivity contribution >= 4 is 27.5 Å². The van der Waals surface area contributed by atoms with Crippen molar-refractivity contribution in [2.24, 2.45) is 5.92 Å². The molecule has 2 aromatic carbocycles. The van der Waals surface area contributed by atoms with Crippen LogP contribution in [0.15, 0.2) is 57.5 Å². The van der Waals surface area contributed by atoms with Gasteiger partial charge in [0.2, 0.25) is 17.6 Å². The van der Waals surface area contributed by atoms with Gasteiger partial charge in [0.05, 0.1) is 6.54 Å². The molecular formula is C27H32BrN5O2. The highest BCUT2D eigenvalue weighted by Crippen LogP contribution is 2.23. The number of carbonyl (C=O) groups is 1. The van der Waals surface area contributed by atoms with Crippen molar-refractivity contribution in [3.05, 3.63) is 64.5 Å². The average molecular weight is 538 g/mol. The summed E-state index contributed by atoms with van der Waals surface area (Å²) >= 11 is 3.44. The van der Waals surface area contributed by atoms with Gasteiger partial charge in [-0.1, -0.05) is 33.2 Å². The zero-order valence-electron chi connectivity index (χ0n) is 20.0. The number of aromatic nitrogens is 2. The first-order valence-electron chi connectivity index (χ1n) is 12.6. The second-order valence-electron chi connectivity index (χ2n) is 9.50. The second-order valence-corrected chi connectivity index (χ2v) is 10.4. The van der Waals surface area contributed by atoms with Gasteiger partial charge >= 0.3 is 0 Å². The Labute approximate surface area is 215 Å². The Morgan fingerprint density at radius 2 is 1.69 bits per heavy atom. The molecule has 0 aliphatic carbocycles. The fraction of sp³-hybridized carbons (Fsp3) is 0.444. The van der Waals surface area contributed by atoms with Gasteiger partial charge in [0, 0.05) is 41.3 Å². The second kappa shape index (κ2) is 11.4. The van der Waals surface area contributed by atoms with Gasteiger partial charge in [-0.05, 0) is 87.2 Å². The first-order chi connectivity index (χ1) is 17.1. The van der Waals surface area contributed by atoms with E-state index in [0.717, 1.165) is 54.6 Å². The molecule has 1 aromatic heterocycles. The smallest absolute Gasteiger partial charge is 0.241 e. The van der Waals surface area contributed by atoms with Crippen LogP contribution < -0.4 is 10.2 Å². The minimum Gasteiger partial charge on any atom is -0.372 e. The van der Waals surface area contributed by atoms with Crippen LogP contribution in [0.2, 0.25) is 0 Å². The van der Waals surface area contributed by atoms with E-state index in [2.05, 4.69) is 65.5 Å². The number of amides is 1. The van der Waals surface area contributed by atoms with E-state index in [0.29, 0.717) is 24.8 Å². The maximum Gasteiger partial charge on any atom is 0.241 e. The molecule has 184 valence electrons. The van der Waals surface area contributed by atoms with E-state index in [-0.39, 0.29) is 11.8 Å². The Balaban J connectivity index is 1.05. The summed E-state index contributed by atoms with van der Waals surface area (Å²) in [6.45, 7) is 5.18. The molecule has 0 unspecified atom stereocenters. The predicted molar refractivity (Wildman–Crippen MR) is 140 cm³/mol. The summed E-state index contributed by atoms with van der Waals surface area (Å²) < 4.78 is 6.48. The van der Waals surface area contributed by atoms with Crippen molar-refractivity contribution in [3.8, 4) is 11.4 Å². The first kappa shape index (κ1) is 24.0. The topological polar surface area (TPSA) is 74.5 Å². The summed E-state index contributed by atoms with van der Waals surface area (Å²) in [6, 6.07) is 16.5. The lowest BCUT2D eigenvalue weighted by Crippen LogP contribution is -2.40. The van der Waals surface area contributed by atoms with E-state index in [1.165, 1.54) is 24.9 Å². The molecule has 2 aliphatic heterocycles. The van der Waals surface area contributed by atoms with Crippen molar-refractivity contribution in [2.75, 3.05) is 31.1 Å². The van der Waals surface area contributed by atoms with Gasteiger partial charge < -0.3 is 14.7 Å². The van der Waals surface area contributed by atoms with Crippen LogP contribution in [-0.2, 0) is 17.9 Å². The highest BCUT2D eigenvalue weighted by molar-refractivity contribution is 9.10. The fourth-order valence-corrected chi connectivity index (χ4v) is 5.15. The van der Waals surface area contributed by atoms with Gasteiger partial charge in [0.15, 0.2) is 0 Å². The third-order valence-corrected chi connectivity index (χ3v) is 7.54. The summed E-state index contributed by atoms with van der Waals surface area (Å²) in [5.74, 6) is 1.42. The lowest BCUT2D eigenvalue weighted by molar-refractivity contribution is -0.126. The molecule has 8 heteroatoms. The molecule has 5 rings (SSSR count). The van der Waals surface area contributed by atoms with Gasteiger partial charge in [-0.15, -0.1) is 0 Å². The molecule has 2 saturated heterocycles. The molecule has 0 atom stereocenters. The molecule has 0 bridgehead atoms. The lowest BCUT2D eigenvalue weighted by atomic mass is 9.96. The van der Waals surface area contributed by atoms with E-state index >= 15 is 0 Å². The number of halogens is 1. The molecule has 2 aliphatic rings. The van der Waals surface area contributed by atoms with Gasteiger partial charge in [0.25, 0.3) is 0 Å². The number of piperidine rings is 2. The van der Waals surface area contributed by atoms with Crippen molar-refractivity contribution < 1.29 is 9.32 Å². The Morgan fingerprint density at radius 1 is 0.971 bits per heavy atom. The molecule has 3 heterocycles. The molecule has 0 spiro atoms. The summed E-state index contributed by atoms with van der Waals surface area (Å²) in [5, 5.41) is 7.26. The van der Waals surface area contributed by atoms with Crippen molar-refractivity contribution in [3.63, 3.8) is 0 Å². The zero-order valence-corrected chi connectivity index (χ0v) is 21.5. The fourth-order valence-electron chi connectivity index (χ4n) is 4.89. The third kappa shape index (κ3) is 6.30. The minimum atomic E-state index is 0.0554. The van der Waals surface area contributed by atoms with Crippen molar-refractivity contribution in [1.29, 1.82) is 0 Å². The van der Waals surface area contributed by atoms with E-state index in [9.17, 15) is 4.79 Å². The number of rotatable bonds is 7. The number of hydrogen-bond acceptors (Lipinski definition) is 6. The normalized spacial score (nSPS) is 17.5. The largest absolute Gasteiger partial charge is 0.372 e. The highest BCUT2D eigenvalue weighted by Gasteiger charge is 2.26. The predicted octanol–water partition coefficient (Wildman–Crippen LogP) is 5.02. The number of nitrogens with one attached hydrogen (secondary N) is 1. The van der Waals surface area contributed by atoms with E-state index < -0.39 is 0 Å². The maximum absolute atomic E-state index is 12.8. The Morgan fingerprint density at radius 3 is 2.40 bits per heavy atom. The minimum absolute atomic E-state index is 0.0554. The van der Waals surface area contributed by atoms with Crippen molar-refractivity contribution in [2.45, 2.75) is 45.2 Å². The number of anilines is 1. The van der Waals surface area contributed by atoms with Crippen LogP contribution in [0.25, 0.3) is 11.4 Å². The average Bonchev–Trinajstić information content (AvgIpc) is 3.37. The van der Waals surface area contributed by atoms with E-state index in [1.54, 1.807) is 0 Å². The monoisotopic (exact) mass is 537 g/mol.